The smallest absolute Gasteiger partial charge is 0.417 e. The molecule has 31 heavy (non-hydrogen) atoms. The summed E-state index contributed by atoms with van der Waals surface area (Å²) in [6.07, 6.45) is -1.80. The van der Waals surface area contributed by atoms with Crippen molar-refractivity contribution in [1.29, 1.82) is 0 Å². The number of nitrogens with zero attached hydrogens (tertiary/aromatic N) is 3. The molecule has 9 heteroatoms. The average Bonchev–Trinajstić information content (AvgIpc) is 3.19. The molecule has 0 aliphatic heterocycles. The summed E-state index contributed by atoms with van der Waals surface area (Å²) < 4.78 is 54.4. The van der Waals surface area contributed by atoms with Gasteiger partial charge in [0, 0.05) is 25.0 Å². The number of aromatic nitrogens is 3. The summed E-state index contributed by atoms with van der Waals surface area (Å²) in [5.41, 5.74) is -0.712. The van der Waals surface area contributed by atoms with Crippen LogP contribution >= 0.6 is 0 Å². The lowest BCUT2D eigenvalue weighted by atomic mass is 10.0. The molecule has 4 aromatic rings. The molecule has 2 heterocycles. The van der Waals surface area contributed by atoms with Gasteiger partial charge in [0.05, 0.1) is 18.4 Å². The molecule has 0 aliphatic rings. The Bertz CT molecular complexity index is 1290. The van der Waals surface area contributed by atoms with Crippen LogP contribution in [-0.4, -0.2) is 21.1 Å². The largest absolute Gasteiger partial charge is 0.497 e. The quantitative estimate of drug-likeness (QED) is 0.475. The van der Waals surface area contributed by atoms with Crippen molar-refractivity contribution in [2.45, 2.75) is 12.8 Å². The van der Waals surface area contributed by atoms with Crippen LogP contribution in [-0.2, 0) is 19.8 Å². The van der Waals surface area contributed by atoms with Crippen LogP contribution in [0.25, 0.3) is 16.8 Å². The van der Waals surface area contributed by atoms with Gasteiger partial charge in [0.25, 0.3) is 0 Å². The van der Waals surface area contributed by atoms with E-state index in [9.17, 15) is 18.0 Å². The van der Waals surface area contributed by atoms with Gasteiger partial charge in [0.2, 0.25) is 0 Å². The predicted molar refractivity (Wildman–Crippen MR) is 108 cm³/mol. The number of halogens is 3. The maximum Gasteiger partial charge on any atom is 0.417 e. The Morgan fingerprint density at radius 2 is 1.74 bits per heavy atom. The molecule has 6 nitrogen and oxygen atoms in total. The summed E-state index contributed by atoms with van der Waals surface area (Å²) in [7, 11) is 2.77. The molecule has 0 radical (unpaired) electrons. The highest BCUT2D eigenvalue weighted by Crippen LogP contribution is 2.40. The number of para-hydroxylation sites is 1. The lowest BCUT2D eigenvalue weighted by Crippen LogP contribution is -2.24. The van der Waals surface area contributed by atoms with Crippen LogP contribution in [0.3, 0.4) is 0 Å². The second-order valence-corrected chi connectivity index (χ2v) is 6.87. The number of aryl methyl sites for hydroxylation is 1. The lowest BCUT2D eigenvalue weighted by molar-refractivity contribution is -0.137. The summed E-state index contributed by atoms with van der Waals surface area (Å²) in [5.74, 6) is 0.694. The van der Waals surface area contributed by atoms with Gasteiger partial charge < -0.3 is 14.0 Å². The number of imidazole rings is 1. The number of hydrogen-bond donors (Lipinski definition) is 0. The molecule has 4 rings (SSSR count). The van der Waals surface area contributed by atoms with Gasteiger partial charge in [-0.25, -0.2) is 9.78 Å². The summed E-state index contributed by atoms with van der Waals surface area (Å²) in [6.45, 7) is 0.0586. The normalized spacial score (nSPS) is 11.6. The SMILES string of the molecule is COc1ccc(-c2cn(C)c(=O)n3cc(COc4ccccc4)nc23)c(C(F)(F)F)c1. The molecule has 0 fully saturated rings. The molecule has 0 unspecified atom stereocenters. The second-order valence-electron chi connectivity index (χ2n) is 6.87. The van der Waals surface area contributed by atoms with E-state index in [1.807, 2.05) is 18.2 Å². The van der Waals surface area contributed by atoms with E-state index >= 15 is 0 Å². The number of rotatable bonds is 5. The van der Waals surface area contributed by atoms with Crippen LogP contribution in [0.2, 0.25) is 0 Å². The number of ether oxygens (including phenoxy) is 2. The zero-order valence-electron chi connectivity index (χ0n) is 16.7. The van der Waals surface area contributed by atoms with Crippen LogP contribution in [0, 0.1) is 0 Å². The van der Waals surface area contributed by atoms with Crippen molar-refractivity contribution in [3.8, 4) is 22.6 Å². The van der Waals surface area contributed by atoms with Crippen LogP contribution < -0.4 is 15.2 Å². The summed E-state index contributed by atoms with van der Waals surface area (Å²) in [6, 6.07) is 12.7. The molecule has 0 N–H and O–H groups in total. The molecule has 160 valence electrons. The third-order valence-electron chi connectivity index (χ3n) is 4.78. The highest BCUT2D eigenvalue weighted by molar-refractivity contribution is 5.80. The third kappa shape index (κ3) is 3.98. The van der Waals surface area contributed by atoms with Gasteiger partial charge in [0.1, 0.15) is 18.1 Å². The topological polar surface area (TPSA) is 57.8 Å². The first-order valence-corrected chi connectivity index (χ1v) is 9.29. The molecule has 0 saturated carbocycles. The summed E-state index contributed by atoms with van der Waals surface area (Å²) in [5, 5.41) is 0. The van der Waals surface area contributed by atoms with Gasteiger partial charge in [-0.3, -0.25) is 4.40 Å². The lowest BCUT2D eigenvalue weighted by Gasteiger charge is -2.15. The van der Waals surface area contributed by atoms with Crippen molar-refractivity contribution in [1.82, 2.24) is 14.0 Å². The van der Waals surface area contributed by atoms with E-state index in [1.54, 1.807) is 12.1 Å². The van der Waals surface area contributed by atoms with E-state index in [-0.39, 0.29) is 29.1 Å². The minimum Gasteiger partial charge on any atom is -0.497 e. The van der Waals surface area contributed by atoms with Gasteiger partial charge in [0.15, 0.2) is 5.65 Å². The number of hydrogen-bond acceptors (Lipinski definition) is 4. The summed E-state index contributed by atoms with van der Waals surface area (Å²) >= 11 is 0. The molecular formula is C22H18F3N3O3. The van der Waals surface area contributed by atoms with E-state index in [0.717, 1.165) is 6.07 Å². The van der Waals surface area contributed by atoms with Crippen molar-refractivity contribution < 1.29 is 22.6 Å². The zero-order valence-corrected chi connectivity index (χ0v) is 16.7. The maximum absolute atomic E-state index is 13.8. The first-order valence-electron chi connectivity index (χ1n) is 9.29. The Hall–Kier alpha value is -3.75. The van der Waals surface area contributed by atoms with Gasteiger partial charge in [-0.05, 0) is 35.9 Å². The molecule has 2 aromatic heterocycles. The molecule has 0 bridgehead atoms. The van der Waals surface area contributed by atoms with E-state index in [0.29, 0.717) is 11.4 Å². The third-order valence-corrected chi connectivity index (χ3v) is 4.78. The van der Waals surface area contributed by atoms with Crippen LogP contribution in [0.1, 0.15) is 11.3 Å². The van der Waals surface area contributed by atoms with Crippen molar-refractivity contribution in [3.63, 3.8) is 0 Å². The van der Waals surface area contributed by atoms with E-state index < -0.39 is 17.4 Å². The number of fused-ring (bicyclic) bond motifs is 1. The minimum absolute atomic E-state index is 0.0586. The molecule has 2 aromatic carbocycles. The monoisotopic (exact) mass is 429 g/mol. The maximum atomic E-state index is 13.8. The van der Waals surface area contributed by atoms with Gasteiger partial charge in [-0.15, -0.1) is 0 Å². The second kappa shape index (κ2) is 7.82. The highest BCUT2D eigenvalue weighted by atomic mass is 19.4. The fraction of sp³-hybridized carbons (Fsp3) is 0.182. The van der Waals surface area contributed by atoms with Crippen molar-refractivity contribution in [3.05, 3.63) is 82.7 Å². The van der Waals surface area contributed by atoms with Gasteiger partial charge in [-0.2, -0.15) is 13.2 Å². The fourth-order valence-electron chi connectivity index (χ4n) is 3.29. The van der Waals surface area contributed by atoms with Crippen molar-refractivity contribution >= 4 is 5.65 Å². The first kappa shape index (κ1) is 20.5. The minimum atomic E-state index is -4.62. The number of alkyl halides is 3. The van der Waals surface area contributed by atoms with Crippen molar-refractivity contribution in [2.24, 2.45) is 7.05 Å². The Kier molecular flexibility index (Phi) is 5.18. The summed E-state index contributed by atoms with van der Waals surface area (Å²) in [4.78, 5) is 17.0. The Morgan fingerprint density at radius 1 is 1.00 bits per heavy atom. The van der Waals surface area contributed by atoms with E-state index in [4.69, 9.17) is 9.47 Å². The molecule has 0 atom stereocenters. The van der Waals surface area contributed by atoms with Gasteiger partial charge >= 0.3 is 11.9 Å². The van der Waals surface area contributed by atoms with Crippen molar-refractivity contribution in [2.75, 3.05) is 7.11 Å². The number of methoxy groups -OCH3 is 1. The Morgan fingerprint density at radius 3 is 2.42 bits per heavy atom. The fourth-order valence-corrected chi connectivity index (χ4v) is 3.29. The first-order chi connectivity index (χ1) is 14.8. The Balaban J connectivity index is 1.85. The van der Waals surface area contributed by atoms with Crippen LogP contribution in [0.15, 0.2) is 65.7 Å². The van der Waals surface area contributed by atoms with E-state index in [2.05, 4.69) is 4.98 Å². The molecule has 0 spiro atoms. The Labute approximate surface area is 175 Å². The standard InChI is InChI=1S/C22H18F3N3O3/c1-27-12-18(17-9-8-16(30-2)10-19(17)22(23,24)25)20-26-14(11-28(20)21(27)29)13-31-15-6-4-3-5-7-15/h3-12H,13H2,1-2H3. The molecule has 0 aliphatic carbocycles. The molecule has 0 saturated heterocycles. The zero-order chi connectivity index (χ0) is 22.2. The van der Waals surface area contributed by atoms with Crippen LogP contribution in [0.5, 0.6) is 11.5 Å². The van der Waals surface area contributed by atoms with E-state index in [1.165, 1.54) is 47.7 Å². The predicted octanol–water partition coefficient (Wildman–Crippen LogP) is 4.31. The highest BCUT2D eigenvalue weighted by Gasteiger charge is 2.35. The van der Waals surface area contributed by atoms with Crippen LogP contribution in [0.4, 0.5) is 13.2 Å². The average molecular weight is 429 g/mol. The molecule has 0 amide bonds. The number of benzene rings is 2. The molecular weight excluding hydrogens is 411 g/mol. The van der Waals surface area contributed by atoms with Gasteiger partial charge in [-0.1, -0.05) is 18.2 Å².